The molecule has 0 atom stereocenters. The van der Waals surface area contributed by atoms with Gasteiger partial charge in [-0.3, -0.25) is 4.57 Å². The van der Waals surface area contributed by atoms with E-state index in [-0.39, 0.29) is 15.5 Å². The van der Waals surface area contributed by atoms with Gasteiger partial charge in [0.2, 0.25) is 15.2 Å². The fraction of sp³-hybridized carbons (Fsp3) is 0.400. The average molecular weight is 433 g/mol. The number of sulfonamides is 1. The van der Waals surface area contributed by atoms with Crippen LogP contribution in [-0.4, -0.2) is 40.0 Å². The Morgan fingerprint density at radius 1 is 1.29 bits per heavy atom. The lowest BCUT2D eigenvalue weighted by atomic mass is 10.3. The molecule has 2 heterocycles. The standard InChI is InChI=1S/C15H14F3N5O3S2/c1-22-9-3-2-8(28(25,26)21-15(7-16)4-5-15)6-10(9)23(14(22)24)13-20-19-12(27-13)11(17)18/h2-3,6,11,21H,4-5,7H2,1H3. The van der Waals surface area contributed by atoms with E-state index in [1.165, 1.54) is 29.8 Å². The molecule has 150 valence electrons. The topological polar surface area (TPSA) is 98.9 Å². The maximum atomic E-state index is 13.1. The summed E-state index contributed by atoms with van der Waals surface area (Å²) < 4.78 is 68.6. The van der Waals surface area contributed by atoms with Crippen molar-refractivity contribution in [3.8, 4) is 5.13 Å². The van der Waals surface area contributed by atoms with Crippen LogP contribution in [0.2, 0.25) is 0 Å². The summed E-state index contributed by atoms with van der Waals surface area (Å²) >= 11 is 0.536. The van der Waals surface area contributed by atoms with Crippen molar-refractivity contribution in [1.82, 2.24) is 24.1 Å². The van der Waals surface area contributed by atoms with Gasteiger partial charge in [-0.25, -0.2) is 35.7 Å². The third-order valence-corrected chi connectivity index (χ3v) is 7.10. The van der Waals surface area contributed by atoms with Gasteiger partial charge in [-0.2, -0.15) is 0 Å². The Balaban J connectivity index is 1.86. The lowest BCUT2D eigenvalue weighted by molar-refractivity contribution is 0.150. The van der Waals surface area contributed by atoms with Crippen LogP contribution in [0.1, 0.15) is 24.3 Å². The lowest BCUT2D eigenvalue weighted by Gasteiger charge is -2.13. The molecular formula is C15H14F3N5O3S2. The van der Waals surface area contributed by atoms with Gasteiger partial charge in [-0.05, 0) is 31.0 Å². The summed E-state index contributed by atoms with van der Waals surface area (Å²) in [6.07, 6.45) is -2.03. The van der Waals surface area contributed by atoms with Crippen LogP contribution in [0.5, 0.6) is 0 Å². The fourth-order valence-corrected chi connectivity index (χ4v) is 5.00. The lowest BCUT2D eigenvalue weighted by Crippen LogP contribution is -2.38. The Hall–Kier alpha value is -2.25. The molecule has 28 heavy (non-hydrogen) atoms. The molecule has 13 heteroatoms. The molecule has 8 nitrogen and oxygen atoms in total. The van der Waals surface area contributed by atoms with Gasteiger partial charge in [0.15, 0.2) is 5.01 Å². The molecule has 2 aromatic heterocycles. The van der Waals surface area contributed by atoms with E-state index in [2.05, 4.69) is 14.9 Å². The number of hydrogen-bond donors (Lipinski definition) is 1. The molecule has 0 unspecified atom stereocenters. The van der Waals surface area contributed by atoms with Crippen LogP contribution in [0, 0.1) is 0 Å². The summed E-state index contributed by atoms with van der Waals surface area (Å²) in [5, 5.41) is 6.34. The molecule has 1 saturated carbocycles. The number of benzene rings is 1. The fourth-order valence-electron chi connectivity index (χ4n) is 2.84. The zero-order chi connectivity index (χ0) is 20.3. The van der Waals surface area contributed by atoms with Gasteiger partial charge in [-0.15, -0.1) is 10.2 Å². The summed E-state index contributed by atoms with van der Waals surface area (Å²) in [5.74, 6) is 0. The summed E-state index contributed by atoms with van der Waals surface area (Å²) in [7, 11) is -2.57. The molecule has 0 radical (unpaired) electrons. The highest BCUT2D eigenvalue weighted by Crippen LogP contribution is 2.37. The van der Waals surface area contributed by atoms with Crippen LogP contribution >= 0.6 is 11.3 Å². The van der Waals surface area contributed by atoms with Crippen LogP contribution in [0.3, 0.4) is 0 Å². The van der Waals surface area contributed by atoms with Gasteiger partial charge in [0.25, 0.3) is 6.43 Å². The van der Waals surface area contributed by atoms with E-state index in [1.54, 1.807) is 0 Å². The molecule has 1 aromatic carbocycles. The molecular weight excluding hydrogens is 419 g/mol. The molecule has 0 bridgehead atoms. The van der Waals surface area contributed by atoms with Crippen LogP contribution < -0.4 is 10.4 Å². The zero-order valence-electron chi connectivity index (χ0n) is 14.4. The van der Waals surface area contributed by atoms with E-state index < -0.39 is 39.4 Å². The van der Waals surface area contributed by atoms with Crippen molar-refractivity contribution in [2.75, 3.05) is 6.67 Å². The minimum absolute atomic E-state index is 0.101. The number of aryl methyl sites for hydroxylation is 1. The third kappa shape index (κ3) is 3.02. The zero-order valence-corrected chi connectivity index (χ0v) is 16.0. The normalized spacial score (nSPS) is 16.2. The van der Waals surface area contributed by atoms with Crippen LogP contribution in [0.4, 0.5) is 13.2 Å². The number of hydrogen-bond acceptors (Lipinski definition) is 6. The smallest absolute Gasteiger partial charge is 0.295 e. The van der Waals surface area contributed by atoms with E-state index in [0.717, 1.165) is 4.57 Å². The number of fused-ring (bicyclic) bond motifs is 1. The van der Waals surface area contributed by atoms with Crippen LogP contribution in [-0.2, 0) is 17.1 Å². The van der Waals surface area contributed by atoms with Crippen molar-refractivity contribution in [3.05, 3.63) is 33.7 Å². The number of aromatic nitrogens is 4. The quantitative estimate of drug-likeness (QED) is 0.640. The van der Waals surface area contributed by atoms with Gasteiger partial charge in [0, 0.05) is 7.05 Å². The molecule has 0 saturated heterocycles. The van der Waals surface area contributed by atoms with Crippen molar-refractivity contribution >= 4 is 32.4 Å². The molecule has 1 aliphatic carbocycles. The number of rotatable bonds is 6. The van der Waals surface area contributed by atoms with Gasteiger partial charge in [0.1, 0.15) is 6.67 Å². The molecule has 3 aromatic rings. The Kier molecular flexibility index (Phi) is 4.35. The number of imidazole rings is 1. The maximum Gasteiger partial charge on any atom is 0.335 e. The highest BCUT2D eigenvalue weighted by molar-refractivity contribution is 7.89. The first-order valence-electron chi connectivity index (χ1n) is 8.11. The molecule has 4 rings (SSSR count). The minimum atomic E-state index is -4.04. The number of nitrogens with one attached hydrogen (secondary N) is 1. The maximum absolute atomic E-state index is 13.1. The Labute approximate surface area is 160 Å². The summed E-state index contributed by atoms with van der Waals surface area (Å²) in [6.45, 7) is -0.814. The summed E-state index contributed by atoms with van der Waals surface area (Å²) in [6, 6.07) is 3.95. The monoisotopic (exact) mass is 433 g/mol. The van der Waals surface area contributed by atoms with E-state index in [4.69, 9.17) is 0 Å². The van der Waals surface area contributed by atoms with E-state index >= 15 is 0 Å². The second kappa shape index (κ2) is 6.39. The molecule has 1 N–H and O–H groups in total. The summed E-state index contributed by atoms with van der Waals surface area (Å²) in [5.41, 5.74) is -1.12. The van der Waals surface area contributed by atoms with Crippen molar-refractivity contribution in [1.29, 1.82) is 0 Å². The Morgan fingerprint density at radius 2 is 2.00 bits per heavy atom. The van der Waals surface area contributed by atoms with Crippen molar-refractivity contribution in [3.63, 3.8) is 0 Å². The van der Waals surface area contributed by atoms with Crippen molar-refractivity contribution in [2.24, 2.45) is 7.05 Å². The second-order valence-electron chi connectivity index (χ2n) is 6.57. The van der Waals surface area contributed by atoms with Crippen LogP contribution in [0.25, 0.3) is 16.2 Å². The van der Waals surface area contributed by atoms with Gasteiger partial charge in [0.05, 0.1) is 21.5 Å². The average Bonchev–Trinajstić information content (AvgIpc) is 3.15. The predicted octanol–water partition coefficient (Wildman–Crippen LogP) is 1.90. The van der Waals surface area contributed by atoms with Gasteiger partial charge in [-0.1, -0.05) is 11.3 Å². The first kappa shape index (κ1) is 19.1. The number of halogens is 3. The van der Waals surface area contributed by atoms with Gasteiger partial charge >= 0.3 is 5.69 Å². The first-order valence-corrected chi connectivity index (χ1v) is 10.4. The largest absolute Gasteiger partial charge is 0.335 e. The minimum Gasteiger partial charge on any atom is -0.295 e. The molecule has 0 aliphatic heterocycles. The van der Waals surface area contributed by atoms with E-state index in [0.29, 0.717) is 29.7 Å². The molecule has 1 fully saturated rings. The highest BCUT2D eigenvalue weighted by atomic mass is 32.2. The summed E-state index contributed by atoms with van der Waals surface area (Å²) in [4.78, 5) is 12.4. The highest BCUT2D eigenvalue weighted by Gasteiger charge is 2.46. The van der Waals surface area contributed by atoms with Crippen LogP contribution in [0.15, 0.2) is 27.9 Å². The molecule has 0 amide bonds. The molecule has 0 spiro atoms. The third-order valence-electron chi connectivity index (χ3n) is 4.61. The predicted molar refractivity (Wildman–Crippen MR) is 95.2 cm³/mol. The van der Waals surface area contributed by atoms with E-state index in [9.17, 15) is 26.4 Å². The SMILES string of the molecule is Cn1c(=O)n(-c2nnc(C(F)F)s2)c2cc(S(=O)(=O)NC3(CF)CC3)ccc21. The number of alkyl halides is 3. The second-order valence-corrected chi connectivity index (χ2v) is 9.24. The Morgan fingerprint density at radius 3 is 2.57 bits per heavy atom. The van der Waals surface area contributed by atoms with Crippen molar-refractivity contribution in [2.45, 2.75) is 29.7 Å². The first-order chi connectivity index (χ1) is 13.2. The van der Waals surface area contributed by atoms with Gasteiger partial charge < -0.3 is 0 Å². The van der Waals surface area contributed by atoms with Crippen molar-refractivity contribution < 1.29 is 21.6 Å². The molecule has 1 aliphatic rings. The van der Waals surface area contributed by atoms with E-state index in [1.807, 2.05) is 0 Å². The number of nitrogens with zero attached hydrogens (tertiary/aromatic N) is 4. The Bertz CT molecular complexity index is 1230.